The molecule has 0 atom stereocenters. The number of aliphatic hydroxyl groups is 2. The van der Waals surface area contributed by atoms with Crippen LogP contribution in [0.1, 0.15) is 0 Å². The van der Waals surface area contributed by atoms with E-state index in [-0.39, 0.29) is 48.6 Å². The first kappa shape index (κ1) is 60.1. The number of β-amino-alcohol motifs (C(OH)–C–C–N with tert-alkyl or cyclic N) is 2. The van der Waals surface area contributed by atoms with Gasteiger partial charge in [0.2, 0.25) is 23.7 Å². The van der Waals surface area contributed by atoms with E-state index in [2.05, 4.69) is 64.0 Å². The summed E-state index contributed by atoms with van der Waals surface area (Å²) in [7, 11) is 0. The molecule has 2 aliphatic rings. The minimum absolute atomic E-state index is 0.146. The summed E-state index contributed by atoms with van der Waals surface area (Å²) in [6.45, 7) is 15.0. The summed E-state index contributed by atoms with van der Waals surface area (Å²) >= 11 is 0. The SMILES string of the molecule is C=CC(=O)Nc1cccc(-c2cccc3cnc(Nc4ccc(N5CCN(CCO)CC5)cc4F)nc23)c1.C=CC(=O)Nc1cccc(-c2cccc3cnc(Nc4ccc(N5CCN(CCO)CC5)cc4F)nc23)c1.O=C(O)/C=C\C(=O)O. The highest BCUT2D eigenvalue weighted by Gasteiger charge is 2.21. The number of rotatable bonds is 18. The number of fused-ring (bicyclic) bond motifs is 2. The van der Waals surface area contributed by atoms with Crippen LogP contribution in [0.2, 0.25) is 0 Å². The van der Waals surface area contributed by atoms with Crippen LogP contribution in [-0.2, 0) is 19.2 Å². The Morgan fingerprint density at radius 1 is 0.524 bits per heavy atom. The van der Waals surface area contributed by atoms with E-state index in [4.69, 9.17) is 30.4 Å². The molecule has 0 spiro atoms. The number of hydrogen-bond donors (Lipinski definition) is 8. The van der Waals surface area contributed by atoms with Gasteiger partial charge in [-0.25, -0.2) is 38.3 Å². The minimum atomic E-state index is -1.26. The number of benzene rings is 6. The number of amides is 2. The minimum Gasteiger partial charge on any atom is -0.478 e. The fraction of sp³-hybridized carbons (Fsp3) is 0.194. The van der Waals surface area contributed by atoms with Gasteiger partial charge in [-0.2, -0.15) is 0 Å². The van der Waals surface area contributed by atoms with Crippen LogP contribution in [0, 0.1) is 11.6 Å². The van der Waals surface area contributed by atoms with Crippen molar-refractivity contribution in [1.82, 2.24) is 29.7 Å². The Morgan fingerprint density at radius 2 is 0.917 bits per heavy atom. The number of carbonyl (C=O) groups is 4. The van der Waals surface area contributed by atoms with Crippen molar-refractivity contribution in [3.63, 3.8) is 0 Å². The van der Waals surface area contributed by atoms with Crippen molar-refractivity contribution >= 4 is 91.6 Å². The van der Waals surface area contributed by atoms with E-state index in [0.717, 1.165) is 96.8 Å². The van der Waals surface area contributed by atoms with Crippen LogP contribution in [-0.4, -0.2) is 153 Å². The molecule has 432 valence electrons. The van der Waals surface area contributed by atoms with E-state index >= 15 is 8.78 Å². The lowest BCUT2D eigenvalue weighted by Gasteiger charge is -2.35. The number of carboxylic acids is 2. The molecule has 6 aromatic carbocycles. The predicted molar refractivity (Wildman–Crippen MR) is 323 cm³/mol. The van der Waals surface area contributed by atoms with Gasteiger partial charge in [-0.05, 0) is 83.9 Å². The van der Waals surface area contributed by atoms with E-state index in [9.17, 15) is 19.2 Å². The maximum Gasteiger partial charge on any atom is 0.328 e. The first-order valence-corrected chi connectivity index (χ1v) is 26.7. The van der Waals surface area contributed by atoms with E-state index in [0.29, 0.717) is 59.0 Å². The number of aliphatic hydroxyl groups excluding tert-OH is 2. The van der Waals surface area contributed by atoms with Gasteiger partial charge in [0.05, 0.1) is 35.6 Å². The second-order valence-electron chi connectivity index (χ2n) is 19.1. The molecule has 2 saturated heterocycles. The number of para-hydroxylation sites is 2. The molecule has 2 aliphatic heterocycles. The molecule has 2 aromatic heterocycles. The number of carboxylic acid groups (broad SMARTS) is 2. The number of nitrogens with one attached hydrogen (secondary N) is 4. The molecule has 4 heterocycles. The third-order valence-electron chi connectivity index (χ3n) is 13.5. The first-order chi connectivity index (χ1) is 40.7. The quantitative estimate of drug-likeness (QED) is 0.0374. The fourth-order valence-electron chi connectivity index (χ4n) is 9.34. The summed E-state index contributed by atoms with van der Waals surface area (Å²) in [6, 6.07) is 36.8. The molecule has 20 nitrogen and oxygen atoms in total. The molecule has 84 heavy (non-hydrogen) atoms. The van der Waals surface area contributed by atoms with Crippen LogP contribution in [0.4, 0.5) is 54.8 Å². The van der Waals surface area contributed by atoms with Gasteiger partial charge in [-0.1, -0.05) is 73.8 Å². The fourth-order valence-corrected chi connectivity index (χ4v) is 9.34. The molecule has 0 radical (unpaired) electrons. The van der Waals surface area contributed by atoms with E-state index in [1.54, 1.807) is 36.7 Å². The normalized spacial score (nSPS) is 13.5. The Bertz CT molecular complexity index is 3460. The maximum atomic E-state index is 15.1. The summed E-state index contributed by atoms with van der Waals surface area (Å²) < 4.78 is 30.2. The molecule has 0 saturated carbocycles. The van der Waals surface area contributed by atoms with Crippen LogP contribution in [0.25, 0.3) is 44.1 Å². The zero-order valence-electron chi connectivity index (χ0n) is 45.7. The van der Waals surface area contributed by atoms with E-state index in [1.165, 1.54) is 24.3 Å². The number of piperazine rings is 2. The van der Waals surface area contributed by atoms with Gasteiger partial charge in [0.1, 0.15) is 11.6 Å². The van der Waals surface area contributed by atoms with Gasteiger partial charge in [0, 0.05) is 135 Å². The maximum absolute atomic E-state index is 15.1. The van der Waals surface area contributed by atoms with Crippen LogP contribution in [0.5, 0.6) is 0 Å². The monoisotopic (exact) mass is 1140 g/mol. The number of hydrogen-bond acceptors (Lipinski definition) is 16. The molecular weight excluding hydrogens is 1080 g/mol. The van der Waals surface area contributed by atoms with Crippen LogP contribution in [0.3, 0.4) is 0 Å². The van der Waals surface area contributed by atoms with Gasteiger partial charge in [-0.15, -0.1) is 0 Å². The Balaban J connectivity index is 0.000000194. The van der Waals surface area contributed by atoms with Gasteiger partial charge >= 0.3 is 11.9 Å². The van der Waals surface area contributed by atoms with Gasteiger partial charge in [-0.3, -0.25) is 19.4 Å². The molecule has 0 unspecified atom stereocenters. The first-order valence-electron chi connectivity index (χ1n) is 26.7. The molecule has 2 fully saturated rings. The Morgan fingerprint density at radius 3 is 1.27 bits per heavy atom. The molecule has 2 amide bonds. The lowest BCUT2D eigenvalue weighted by Crippen LogP contribution is -2.47. The van der Waals surface area contributed by atoms with Crippen molar-refractivity contribution < 1.29 is 48.4 Å². The Labute approximate surface area is 482 Å². The lowest BCUT2D eigenvalue weighted by molar-refractivity contribution is -0.134. The summed E-state index contributed by atoms with van der Waals surface area (Å²) in [5, 5.41) is 47.2. The molecule has 22 heteroatoms. The van der Waals surface area contributed by atoms with Crippen molar-refractivity contribution in [3.05, 3.63) is 183 Å². The second kappa shape index (κ2) is 29.1. The predicted octanol–water partition coefficient (Wildman–Crippen LogP) is 8.55. The number of halogens is 2. The van der Waals surface area contributed by atoms with Crippen LogP contribution < -0.4 is 31.1 Å². The summed E-state index contributed by atoms with van der Waals surface area (Å²) in [5.41, 5.74) is 8.39. The number of nitrogens with zero attached hydrogens (tertiary/aromatic N) is 8. The van der Waals surface area contributed by atoms with Crippen molar-refractivity contribution in [1.29, 1.82) is 0 Å². The van der Waals surface area contributed by atoms with Gasteiger partial charge in [0.15, 0.2) is 0 Å². The summed E-state index contributed by atoms with van der Waals surface area (Å²) in [6.07, 6.45) is 6.97. The molecular formula is C62H62F2N12O8. The van der Waals surface area contributed by atoms with E-state index < -0.39 is 11.9 Å². The second-order valence-corrected chi connectivity index (χ2v) is 19.1. The van der Waals surface area contributed by atoms with E-state index in [1.807, 2.05) is 84.9 Å². The molecule has 10 rings (SSSR count). The Hall–Kier alpha value is -10.0. The zero-order chi connectivity index (χ0) is 59.5. The smallest absolute Gasteiger partial charge is 0.328 e. The largest absolute Gasteiger partial charge is 0.478 e. The average molecular weight is 1140 g/mol. The number of carbonyl (C=O) groups excluding carboxylic acids is 2. The van der Waals surface area contributed by atoms with Crippen LogP contribution >= 0.6 is 0 Å². The highest BCUT2D eigenvalue weighted by atomic mass is 19.1. The molecule has 8 aromatic rings. The molecule has 0 bridgehead atoms. The summed E-state index contributed by atoms with van der Waals surface area (Å²) in [4.78, 5) is 69.4. The number of aliphatic carboxylic acids is 2. The van der Waals surface area contributed by atoms with Gasteiger partial charge < -0.3 is 51.5 Å². The highest BCUT2D eigenvalue weighted by Crippen LogP contribution is 2.33. The number of aromatic nitrogens is 4. The van der Waals surface area contributed by atoms with Crippen molar-refractivity contribution in [2.24, 2.45) is 0 Å². The zero-order valence-corrected chi connectivity index (χ0v) is 45.7. The van der Waals surface area contributed by atoms with Gasteiger partial charge in [0.25, 0.3) is 0 Å². The molecule has 0 aliphatic carbocycles. The van der Waals surface area contributed by atoms with Crippen LogP contribution in [0.15, 0.2) is 171 Å². The Kier molecular flexibility index (Phi) is 20.8. The third kappa shape index (κ3) is 16.3. The molecule has 8 N–H and O–H groups in total. The number of anilines is 8. The summed E-state index contributed by atoms with van der Waals surface area (Å²) in [5.74, 6) is -3.29. The van der Waals surface area contributed by atoms with Crippen molar-refractivity contribution in [2.75, 3.05) is 110 Å². The standard InChI is InChI=1S/2C29H29FN6O2.C4H4O4/c2*1-2-27(38)32-22-7-3-5-20(17-22)24-8-4-6-21-19-31-29(34-28(21)24)33-26-10-9-23(18-25(26)30)36-13-11-35(12-14-36)15-16-37;5-3(6)1-2-4(7)8/h2*2-10,17-19,37H,1,11-16H2,(H,32,38)(H,31,33,34);1-2H,(H,5,6)(H,7,8)/b;;2-1-. The lowest BCUT2D eigenvalue weighted by atomic mass is 10.0. The topological polar surface area (TPSA) is 262 Å². The third-order valence-corrected chi connectivity index (χ3v) is 13.5. The van der Waals surface area contributed by atoms with Crippen molar-refractivity contribution in [3.8, 4) is 22.3 Å². The highest BCUT2D eigenvalue weighted by molar-refractivity contribution is 6.01. The van der Waals surface area contributed by atoms with Crippen molar-refractivity contribution in [2.45, 2.75) is 0 Å². The average Bonchev–Trinajstić information content (AvgIpc) is 3.32.